The number of benzene rings is 1. The molecule has 0 saturated carbocycles. The molecule has 4 rings (SSSR count). The van der Waals surface area contributed by atoms with E-state index in [1.807, 2.05) is 11.0 Å². The van der Waals surface area contributed by atoms with Gasteiger partial charge in [0.05, 0.1) is 11.8 Å². The molecule has 22 heavy (non-hydrogen) atoms. The summed E-state index contributed by atoms with van der Waals surface area (Å²) < 4.78 is 4.99. The highest BCUT2D eigenvalue weighted by Crippen LogP contribution is 2.29. The predicted octanol–water partition coefficient (Wildman–Crippen LogP) is 3.69. The molecule has 3 heterocycles. The molecule has 1 aliphatic heterocycles. The Hall–Kier alpha value is -2.75. The molecule has 0 unspecified atom stereocenters. The molecule has 0 spiro atoms. The Labute approximate surface area is 128 Å². The molecule has 2 aromatic heterocycles. The molecule has 1 aliphatic rings. The van der Waals surface area contributed by atoms with E-state index in [1.165, 1.54) is 29.0 Å². The van der Waals surface area contributed by atoms with Crippen molar-refractivity contribution < 1.29 is 9.21 Å². The van der Waals surface area contributed by atoms with Gasteiger partial charge in [-0.05, 0) is 24.1 Å². The van der Waals surface area contributed by atoms with Crippen LogP contribution in [0.15, 0.2) is 59.5 Å². The summed E-state index contributed by atoms with van der Waals surface area (Å²) in [7, 11) is 0. The van der Waals surface area contributed by atoms with Crippen LogP contribution < -0.4 is 0 Å². The number of amides is 1. The van der Waals surface area contributed by atoms with Crippen molar-refractivity contribution in [3.63, 3.8) is 0 Å². The monoisotopic (exact) mass is 292 g/mol. The third-order valence-corrected chi connectivity index (χ3v) is 4.20. The maximum atomic E-state index is 12.3. The Bertz CT molecular complexity index is 843. The minimum Gasteiger partial charge on any atom is -0.472 e. The highest BCUT2D eigenvalue weighted by atomic mass is 16.3. The summed E-state index contributed by atoms with van der Waals surface area (Å²) in [5.41, 5.74) is 4.30. The van der Waals surface area contributed by atoms with E-state index in [0.29, 0.717) is 12.1 Å². The lowest BCUT2D eigenvalue weighted by Crippen LogP contribution is -2.34. The molecule has 1 aromatic carbocycles. The summed E-state index contributed by atoms with van der Waals surface area (Å²) in [6, 6.07) is 10.0. The number of nitrogens with one attached hydrogen (secondary N) is 1. The van der Waals surface area contributed by atoms with Gasteiger partial charge < -0.3 is 14.3 Å². The van der Waals surface area contributed by atoms with Crippen LogP contribution in [-0.2, 0) is 0 Å². The fraction of sp³-hybridized carbons (Fsp3) is 0.167. The van der Waals surface area contributed by atoms with E-state index in [2.05, 4.69) is 35.5 Å². The Morgan fingerprint density at radius 3 is 2.91 bits per heavy atom. The van der Waals surface area contributed by atoms with E-state index >= 15 is 0 Å². The number of para-hydroxylation sites is 1. The number of hydrogen-bond donors (Lipinski definition) is 1. The van der Waals surface area contributed by atoms with Crippen LogP contribution in [0.2, 0.25) is 0 Å². The van der Waals surface area contributed by atoms with Crippen LogP contribution >= 0.6 is 0 Å². The van der Waals surface area contributed by atoms with Gasteiger partial charge in [0.1, 0.15) is 6.26 Å². The Morgan fingerprint density at radius 1 is 1.23 bits per heavy atom. The van der Waals surface area contributed by atoms with E-state index in [0.717, 1.165) is 18.5 Å². The molecule has 0 bridgehead atoms. The van der Waals surface area contributed by atoms with Gasteiger partial charge in [-0.25, -0.2) is 0 Å². The van der Waals surface area contributed by atoms with Crippen molar-refractivity contribution >= 4 is 22.4 Å². The molecule has 1 amide bonds. The lowest BCUT2D eigenvalue weighted by atomic mass is 9.98. The normalized spacial score (nSPS) is 15.1. The Kier molecular flexibility index (Phi) is 3.07. The first kappa shape index (κ1) is 13.0. The second-order valence-corrected chi connectivity index (χ2v) is 5.49. The molecule has 4 heteroatoms. The molecule has 0 radical (unpaired) electrons. The number of aromatic nitrogens is 1. The fourth-order valence-electron chi connectivity index (χ4n) is 3.00. The first-order valence-electron chi connectivity index (χ1n) is 7.40. The number of fused-ring (bicyclic) bond motifs is 1. The predicted molar refractivity (Wildman–Crippen MR) is 85.5 cm³/mol. The zero-order valence-electron chi connectivity index (χ0n) is 12.1. The number of carbonyl (C=O) groups excluding carboxylic acids is 1. The molecular weight excluding hydrogens is 276 g/mol. The quantitative estimate of drug-likeness (QED) is 0.783. The summed E-state index contributed by atoms with van der Waals surface area (Å²) in [6.07, 6.45) is 8.11. The van der Waals surface area contributed by atoms with Gasteiger partial charge in [-0.1, -0.05) is 24.3 Å². The van der Waals surface area contributed by atoms with E-state index < -0.39 is 0 Å². The summed E-state index contributed by atoms with van der Waals surface area (Å²) in [6.45, 7) is 1.37. The zero-order chi connectivity index (χ0) is 14.9. The number of rotatable bonds is 2. The van der Waals surface area contributed by atoms with Crippen LogP contribution in [0.25, 0.3) is 16.5 Å². The molecule has 3 aromatic rings. The van der Waals surface area contributed by atoms with Crippen LogP contribution in [0.5, 0.6) is 0 Å². The van der Waals surface area contributed by atoms with Crippen molar-refractivity contribution in [1.29, 1.82) is 0 Å². The van der Waals surface area contributed by atoms with Gasteiger partial charge >= 0.3 is 0 Å². The lowest BCUT2D eigenvalue weighted by molar-refractivity contribution is 0.0772. The van der Waals surface area contributed by atoms with Crippen LogP contribution in [-0.4, -0.2) is 28.9 Å². The van der Waals surface area contributed by atoms with Gasteiger partial charge in [-0.15, -0.1) is 0 Å². The number of H-pyrrole nitrogens is 1. The first-order chi connectivity index (χ1) is 10.8. The summed E-state index contributed by atoms with van der Waals surface area (Å²) in [4.78, 5) is 17.5. The van der Waals surface area contributed by atoms with Gasteiger partial charge in [0, 0.05) is 35.8 Å². The topological polar surface area (TPSA) is 49.2 Å². The third kappa shape index (κ3) is 2.13. The van der Waals surface area contributed by atoms with Crippen molar-refractivity contribution in [2.24, 2.45) is 0 Å². The average molecular weight is 292 g/mol. The molecular formula is C18H16N2O2. The third-order valence-electron chi connectivity index (χ3n) is 4.20. The van der Waals surface area contributed by atoms with Crippen molar-refractivity contribution in [3.05, 3.63) is 66.3 Å². The smallest absolute Gasteiger partial charge is 0.257 e. The summed E-state index contributed by atoms with van der Waals surface area (Å²) in [5.74, 6) is 0.0305. The SMILES string of the molecule is O=C(c1ccoc1)N1CC=C(c2c[nH]c3ccccc23)CC1. The van der Waals surface area contributed by atoms with E-state index in [9.17, 15) is 4.79 Å². The number of carbonyl (C=O) groups is 1. The molecule has 4 nitrogen and oxygen atoms in total. The lowest BCUT2D eigenvalue weighted by Gasteiger charge is -2.26. The molecule has 0 atom stereocenters. The second kappa shape index (κ2) is 5.22. The van der Waals surface area contributed by atoms with Gasteiger partial charge in [0.15, 0.2) is 0 Å². The number of furan rings is 1. The van der Waals surface area contributed by atoms with E-state index in [1.54, 1.807) is 6.07 Å². The first-order valence-corrected chi connectivity index (χ1v) is 7.40. The zero-order valence-corrected chi connectivity index (χ0v) is 12.1. The van der Waals surface area contributed by atoms with Crippen LogP contribution in [0.3, 0.4) is 0 Å². The van der Waals surface area contributed by atoms with E-state index in [4.69, 9.17) is 4.42 Å². The molecule has 0 fully saturated rings. The van der Waals surface area contributed by atoms with Gasteiger partial charge in [-0.2, -0.15) is 0 Å². The van der Waals surface area contributed by atoms with Crippen molar-refractivity contribution in [2.45, 2.75) is 6.42 Å². The van der Waals surface area contributed by atoms with Gasteiger partial charge in [-0.3, -0.25) is 4.79 Å². The van der Waals surface area contributed by atoms with Crippen molar-refractivity contribution in [1.82, 2.24) is 9.88 Å². The largest absolute Gasteiger partial charge is 0.472 e. The summed E-state index contributed by atoms with van der Waals surface area (Å²) >= 11 is 0. The van der Waals surface area contributed by atoms with E-state index in [-0.39, 0.29) is 5.91 Å². The Balaban J connectivity index is 1.58. The highest BCUT2D eigenvalue weighted by Gasteiger charge is 2.20. The van der Waals surface area contributed by atoms with Crippen LogP contribution in [0, 0.1) is 0 Å². The number of aromatic amines is 1. The maximum absolute atomic E-state index is 12.3. The average Bonchev–Trinajstić information content (AvgIpc) is 3.24. The van der Waals surface area contributed by atoms with Crippen LogP contribution in [0.4, 0.5) is 0 Å². The molecule has 0 saturated heterocycles. The highest BCUT2D eigenvalue weighted by molar-refractivity contribution is 5.96. The summed E-state index contributed by atoms with van der Waals surface area (Å²) in [5, 5.41) is 1.24. The molecule has 1 N–H and O–H groups in total. The number of nitrogens with zero attached hydrogens (tertiary/aromatic N) is 1. The minimum absolute atomic E-state index is 0.0305. The fourth-order valence-corrected chi connectivity index (χ4v) is 3.00. The van der Waals surface area contributed by atoms with Crippen molar-refractivity contribution in [2.75, 3.05) is 13.1 Å². The maximum Gasteiger partial charge on any atom is 0.257 e. The van der Waals surface area contributed by atoms with Crippen molar-refractivity contribution in [3.8, 4) is 0 Å². The van der Waals surface area contributed by atoms with Crippen LogP contribution in [0.1, 0.15) is 22.3 Å². The van der Waals surface area contributed by atoms with Gasteiger partial charge in [0.25, 0.3) is 5.91 Å². The minimum atomic E-state index is 0.0305. The standard InChI is InChI=1S/C18H16N2O2/c21-18(14-7-10-22-12-14)20-8-5-13(6-9-20)16-11-19-17-4-2-1-3-15(16)17/h1-5,7,10-12,19H,6,8-9H2. The molecule has 110 valence electrons. The molecule has 0 aliphatic carbocycles. The number of hydrogen-bond acceptors (Lipinski definition) is 2. The Morgan fingerprint density at radius 2 is 2.14 bits per heavy atom. The second-order valence-electron chi connectivity index (χ2n) is 5.49. The van der Waals surface area contributed by atoms with Gasteiger partial charge in [0.2, 0.25) is 0 Å².